The van der Waals surface area contributed by atoms with Crippen LogP contribution in [0.3, 0.4) is 0 Å². The number of nitrogens with one attached hydrogen (secondary N) is 1. The van der Waals surface area contributed by atoms with Gasteiger partial charge in [0.05, 0.1) is 6.61 Å². The van der Waals surface area contributed by atoms with E-state index in [9.17, 15) is 20.1 Å². The van der Waals surface area contributed by atoms with Crippen molar-refractivity contribution in [3.05, 3.63) is 0 Å². The van der Waals surface area contributed by atoms with Gasteiger partial charge in [-0.2, -0.15) is 0 Å². The van der Waals surface area contributed by atoms with Crippen LogP contribution < -0.4 is 5.32 Å². The SMILES string of the molecule is O=C(NCCBr)[C@H](O)[C@H](O)[C@@H](O)[C@H](O)CO. The zero-order valence-corrected chi connectivity index (χ0v) is 10.0. The Balaban J connectivity index is 4.25. The molecule has 0 aliphatic carbocycles. The molecular formula is C8H16BrNO6. The summed E-state index contributed by atoms with van der Waals surface area (Å²) in [6.45, 7) is -0.533. The Hall–Kier alpha value is -0.250. The van der Waals surface area contributed by atoms with Gasteiger partial charge in [0.2, 0.25) is 0 Å². The van der Waals surface area contributed by atoms with Gasteiger partial charge in [-0.25, -0.2) is 0 Å². The third-order valence-electron chi connectivity index (χ3n) is 1.92. The summed E-state index contributed by atoms with van der Waals surface area (Å²) >= 11 is 3.05. The minimum atomic E-state index is -1.87. The highest BCUT2D eigenvalue weighted by Gasteiger charge is 2.33. The molecule has 0 unspecified atom stereocenters. The fourth-order valence-corrected chi connectivity index (χ4v) is 1.15. The summed E-state index contributed by atoms with van der Waals surface area (Å²) < 4.78 is 0. The van der Waals surface area contributed by atoms with Gasteiger partial charge in [0.25, 0.3) is 5.91 Å². The number of hydrogen-bond donors (Lipinski definition) is 6. The van der Waals surface area contributed by atoms with Crippen LogP contribution in [0.1, 0.15) is 0 Å². The molecule has 0 aromatic heterocycles. The molecule has 6 N–H and O–H groups in total. The lowest BCUT2D eigenvalue weighted by Crippen LogP contribution is -2.51. The molecule has 7 nitrogen and oxygen atoms in total. The van der Waals surface area contributed by atoms with Crippen molar-refractivity contribution in [3.63, 3.8) is 0 Å². The van der Waals surface area contributed by atoms with Crippen molar-refractivity contribution in [3.8, 4) is 0 Å². The molecule has 0 aliphatic heterocycles. The summed E-state index contributed by atoms with van der Waals surface area (Å²) in [5.74, 6) is -0.865. The van der Waals surface area contributed by atoms with E-state index in [-0.39, 0.29) is 6.54 Å². The topological polar surface area (TPSA) is 130 Å². The van der Waals surface area contributed by atoms with E-state index < -0.39 is 36.9 Å². The molecule has 16 heavy (non-hydrogen) atoms. The first kappa shape index (κ1) is 15.8. The minimum Gasteiger partial charge on any atom is -0.394 e. The number of carbonyl (C=O) groups excluding carboxylic acids is 1. The van der Waals surface area contributed by atoms with Crippen LogP contribution in [-0.2, 0) is 4.79 Å². The van der Waals surface area contributed by atoms with Gasteiger partial charge in [0.15, 0.2) is 6.10 Å². The Morgan fingerprint density at radius 3 is 2.19 bits per heavy atom. The molecule has 0 saturated heterocycles. The van der Waals surface area contributed by atoms with E-state index in [1.54, 1.807) is 0 Å². The molecule has 0 fully saturated rings. The van der Waals surface area contributed by atoms with Crippen molar-refractivity contribution in [1.82, 2.24) is 5.32 Å². The van der Waals surface area contributed by atoms with Gasteiger partial charge in [-0.15, -0.1) is 0 Å². The van der Waals surface area contributed by atoms with Crippen molar-refractivity contribution in [2.75, 3.05) is 18.5 Å². The summed E-state index contributed by atoms with van der Waals surface area (Å²) in [5.41, 5.74) is 0. The van der Waals surface area contributed by atoms with Gasteiger partial charge in [-0.05, 0) is 0 Å². The van der Waals surface area contributed by atoms with Crippen molar-refractivity contribution in [2.24, 2.45) is 0 Å². The lowest BCUT2D eigenvalue weighted by molar-refractivity contribution is -0.148. The normalized spacial score (nSPS) is 18.6. The fraction of sp³-hybridized carbons (Fsp3) is 0.875. The zero-order chi connectivity index (χ0) is 12.7. The van der Waals surface area contributed by atoms with Gasteiger partial charge >= 0.3 is 0 Å². The van der Waals surface area contributed by atoms with Crippen LogP contribution in [0.5, 0.6) is 0 Å². The molecule has 0 bridgehead atoms. The van der Waals surface area contributed by atoms with Crippen molar-refractivity contribution >= 4 is 21.8 Å². The Kier molecular flexibility index (Phi) is 7.81. The summed E-state index contributed by atoms with van der Waals surface area (Å²) in [4.78, 5) is 11.2. The zero-order valence-electron chi connectivity index (χ0n) is 8.45. The standard InChI is InChI=1S/C8H16BrNO6/c9-1-2-10-8(16)7(15)6(14)5(13)4(12)3-11/h4-7,11-15H,1-3H2,(H,10,16)/t4-,5+,6-,7-/m1/s1. The second kappa shape index (κ2) is 7.93. The molecule has 1 amide bonds. The van der Waals surface area contributed by atoms with Crippen LogP contribution in [0.25, 0.3) is 0 Å². The van der Waals surface area contributed by atoms with E-state index in [1.807, 2.05) is 0 Å². The maximum absolute atomic E-state index is 11.2. The third kappa shape index (κ3) is 4.73. The number of amides is 1. The van der Waals surface area contributed by atoms with Gasteiger partial charge in [0.1, 0.15) is 18.3 Å². The first-order valence-electron chi connectivity index (χ1n) is 4.62. The van der Waals surface area contributed by atoms with Crippen molar-refractivity contribution < 1.29 is 30.3 Å². The van der Waals surface area contributed by atoms with Crippen LogP contribution in [0.2, 0.25) is 0 Å². The van der Waals surface area contributed by atoms with E-state index in [4.69, 9.17) is 10.2 Å². The van der Waals surface area contributed by atoms with E-state index in [1.165, 1.54) is 0 Å². The largest absolute Gasteiger partial charge is 0.394 e. The van der Waals surface area contributed by atoms with E-state index in [0.717, 1.165) is 0 Å². The number of rotatable bonds is 7. The summed E-state index contributed by atoms with van der Waals surface area (Å²) in [7, 11) is 0. The molecule has 8 heteroatoms. The van der Waals surface area contributed by atoms with Crippen LogP contribution in [0.4, 0.5) is 0 Å². The van der Waals surface area contributed by atoms with Crippen LogP contribution in [-0.4, -0.2) is 74.3 Å². The molecule has 0 spiro atoms. The highest BCUT2D eigenvalue weighted by Crippen LogP contribution is 2.05. The van der Waals surface area contributed by atoms with Crippen LogP contribution >= 0.6 is 15.9 Å². The maximum atomic E-state index is 11.2. The highest BCUT2D eigenvalue weighted by molar-refractivity contribution is 9.09. The molecule has 96 valence electrons. The van der Waals surface area contributed by atoms with Crippen LogP contribution in [0, 0.1) is 0 Å². The highest BCUT2D eigenvalue weighted by atomic mass is 79.9. The molecule has 0 radical (unpaired) electrons. The molecule has 0 aromatic carbocycles. The number of aliphatic hydroxyl groups excluding tert-OH is 5. The lowest BCUT2D eigenvalue weighted by atomic mass is 10.0. The second-order valence-corrected chi connectivity index (χ2v) is 3.95. The van der Waals surface area contributed by atoms with Gasteiger partial charge in [-0.3, -0.25) is 4.79 Å². The Morgan fingerprint density at radius 2 is 1.75 bits per heavy atom. The number of aliphatic hydroxyl groups is 5. The lowest BCUT2D eigenvalue weighted by Gasteiger charge is -2.24. The predicted octanol–water partition coefficient (Wildman–Crippen LogP) is -3.07. The predicted molar refractivity (Wildman–Crippen MR) is 57.9 cm³/mol. The van der Waals surface area contributed by atoms with Crippen LogP contribution in [0.15, 0.2) is 0 Å². The third-order valence-corrected chi connectivity index (χ3v) is 2.31. The summed E-state index contributed by atoms with van der Waals surface area (Å²) in [5, 5.41) is 48.1. The Bertz CT molecular complexity index is 217. The Morgan fingerprint density at radius 1 is 1.19 bits per heavy atom. The molecule has 0 saturated carbocycles. The van der Waals surface area contributed by atoms with Crippen molar-refractivity contribution in [1.29, 1.82) is 0 Å². The van der Waals surface area contributed by atoms with E-state index >= 15 is 0 Å². The molecule has 0 aromatic rings. The summed E-state index contributed by atoms with van der Waals surface area (Å²) in [6.07, 6.45) is -7.14. The van der Waals surface area contributed by atoms with E-state index in [2.05, 4.69) is 21.2 Å². The fourth-order valence-electron chi connectivity index (χ4n) is 0.952. The number of carbonyl (C=O) groups is 1. The quantitative estimate of drug-likeness (QED) is 0.277. The molecule has 0 heterocycles. The Labute approximate surface area is 101 Å². The van der Waals surface area contributed by atoms with E-state index in [0.29, 0.717) is 5.33 Å². The smallest absolute Gasteiger partial charge is 0.251 e. The molecule has 4 atom stereocenters. The molecule has 0 aliphatic rings. The first-order valence-corrected chi connectivity index (χ1v) is 5.74. The molecular weight excluding hydrogens is 286 g/mol. The maximum Gasteiger partial charge on any atom is 0.251 e. The number of alkyl halides is 1. The average Bonchev–Trinajstić information content (AvgIpc) is 2.31. The van der Waals surface area contributed by atoms with Gasteiger partial charge in [-0.1, -0.05) is 15.9 Å². The number of halogens is 1. The second-order valence-electron chi connectivity index (χ2n) is 3.16. The first-order chi connectivity index (χ1) is 7.45. The monoisotopic (exact) mass is 301 g/mol. The number of hydrogen-bond acceptors (Lipinski definition) is 6. The van der Waals surface area contributed by atoms with Crippen molar-refractivity contribution in [2.45, 2.75) is 24.4 Å². The average molecular weight is 302 g/mol. The summed E-state index contributed by atoms with van der Waals surface area (Å²) in [6, 6.07) is 0. The van der Waals surface area contributed by atoms with Gasteiger partial charge in [0, 0.05) is 11.9 Å². The molecule has 0 rings (SSSR count). The van der Waals surface area contributed by atoms with Gasteiger partial charge < -0.3 is 30.8 Å². The minimum absolute atomic E-state index is 0.251.